The summed E-state index contributed by atoms with van der Waals surface area (Å²) in [6, 6.07) is 10.4. The molecule has 0 aliphatic carbocycles. The fourth-order valence-corrected chi connectivity index (χ4v) is 2.19. The second kappa shape index (κ2) is 9.12. The number of amides is 2. The number of rotatable bonds is 9. The lowest BCUT2D eigenvalue weighted by Gasteiger charge is -2.19. The van der Waals surface area contributed by atoms with Crippen LogP contribution in [0.3, 0.4) is 0 Å². The minimum atomic E-state index is -0.332. The zero-order valence-electron chi connectivity index (χ0n) is 13.9. The van der Waals surface area contributed by atoms with E-state index in [1.165, 1.54) is 6.26 Å². The molecule has 2 rings (SSSR count). The molecule has 0 aliphatic heterocycles. The molecule has 0 aliphatic rings. The Bertz CT molecular complexity index is 728. The molecule has 0 unspecified atom stereocenters. The van der Waals surface area contributed by atoms with Crippen molar-refractivity contribution >= 4 is 23.2 Å². The third-order valence-electron chi connectivity index (χ3n) is 3.36. The highest BCUT2D eigenvalue weighted by atomic mass is 16.3. The van der Waals surface area contributed by atoms with Crippen LogP contribution in [0, 0.1) is 0 Å². The molecule has 1 heterocycles. The molecule has 2 aromatic rings. The van der Waals surface area contributed by atoms with Crippen LogP contribution in [0.15, 0.2) is 72.4 Å². The molecule has 0 bridgehead atoms. The van der Waals surface area contributed by atoms with Crippen molar-refractivity contribution in [1.82, 2.24) is 4.90 Å². The van der Waals surface area contributed by atoms with Gasteiger partial charge in [0.25, 0.3) is 5.91 Å². The van der Waals surface area contributed by atoms with Crippen molar-refractivity contribution in [2.75, 3.05) is 30.3 Å². The predicted molar refractivity (Wildman–Crippen MR) is 98.6 cm³/mol. The van der Waals surface area contributed by atoms with Gasteiger partial charge in [-0.1, -0.05) is 18.2 Å². The van der Waals surface area contributed by atoms with E-state index < -0.39 is 0 Å². The maximum atomic E-state index is 12.2. The summed E-state index contributed by atoms with van der Waals surface area (Å²) in [4.78, 5) is 25.8. The van der Waals surface area contributed by atoms with Crippen LogP contribution in [0.1, 0.15) is 10.6 Å². The maximum absolute atomic E-state index is 12.2. The molecule has 0 fully saturated rings. The largest absolute Gasteiger partial charge is 0.459 e. The Labute approximate surface area is 146 Å². The van der Waals surface area contributed by atoms with Gasteiger partial charge in [-0.3, -0.25) is 9.59 Å². The van der Waals surface area contributed by atoms with E-state index in [0.717, 1.165) is 5.69 Å². The van der Waals surface area contributed by atoms with Gasteiger partial charge in [0.05, 0.1) is 12.8 Å². The van der Waals surface area contributed by atoms with Gasteiger partial charge in [-0.25, -0.2) is 0 Å². The van der Waals surface area contributed by atoms with Crippen molar-refractivity contribution in [3.8, 4) is 0 Å². The highest BCUT2D eigenvalue weighted by Gasteiger charge is 2.11. The standard InChI is InChI=1S/C19H21N3O3/c1-3-10-22(11-4-2)18(23)14-20-15-7-5-8-16(13-15)21-19(24)17-9-6-12-25-17/h3-9,12-13,20H,1-2,10-11,14H2,(H,21,24). The lowest BCUT2D eigenvalue weighted by molar-refractivity contribution is -0.128. The molecule has 1 aromatic carbocycles. The highest BCUT2D eigenvalue weighted by molar-refractivity contribution is 6.02. The monoisotopic (exact) mass is 339 g/mol. The summed E-state index contributed by atoms with van der Waals surface area (Å²) in [5, 5.41) is 5.80. The van der Waals surface area contributed by atoms with E-state index in [4.69, 9.17) is 4.42 Å². The zero-order valence-corrected chi connectivity index (χ0v) is 13.9. The van der Waals surface area contributed by atoms with E-state index in [1.807, 2.05) is 6.07 Å². The number of nitrogens with zero attached hydrogens (tertiary/aromatic N) is 1. The third-order valence-corrected chi connectivity index (χ3v) is 3.36. The van der Waals surface area contributed by atoms with Gasteiger partial charge < -0.3 is 20.0 Å². The van der Waals surface area contributed by atoms with Crippen molar-refractivity contribution in [3.05, 3.63) is 73.7 Å². The van der Waals surface area contributed by atoms with Crippen LogP contribution in [0.4, 0.5) is 11.4 Å². The molecule has 1 aromatic heterocycles. The third kappa shape index (κ3) is 5.39. The molecule has 0 saturated carbocycles. The van der Waals surface area contributed by atoms with E-state index in [1.54, 1.807) is 47.4 Å². The molecule has 25 heavy (non-hydrogen) atoms. The second-order valence-corrected chi connectivity index (χ2v) is 5.24. The summed E-state index contributed by atoms with van der Waals surface area (Å²) < 4.78 is 5.06. The van der Waals surface area contributed by atoms with Crippen LogP contribution in [0.5, 0.6) is 0 Å². The summed E-state index contributed by atoms with van der Waals surface area (Å²) in [5.41, 5.74) is 1.33. The fourth-order valence-electron chi connectivity index (χ4n) is 2.19. The summed E-state index contributed by atoms with van der Waals surface area (Å²) in [7, 11) is 0. The maximum Gasteiger partial charge on any atom is 0.291 e. The van der Waals surface area contributed by atoms with Crippen molar-refractivity contribution in [2.24, 2.45) is 0 Å². The number of carbonyl (C=O) groups excluding carboxylic acids is 2. The molecular weight excluding hydrogens is 318 g/mol. The number of nitrogens with one attached hydrogen (secondary N) is 2. The van der Waals surface area contributed by atoms with E-state index in [0.29, 0.717) is 18.8 Å². The van der Waals surface area contributed by atoms with Crippen LogP contribution >= 0.6 is 0 Å². The van der Waals surface area contributed by atoms with Gasteiger partial charge in [0.2, 0.25) is 5.91 Å². The van der Waals surface area contributed by atoms with Gasteiger partial charge in [-0.05, 0) is 30.3 Å². The van der Waals surface area contributed by atoms with Crippen LogP contribution in [-0.4, -0.2) is 36.3 Å². The summed E-state index contributed by atoms with van der Waals surface area (Å²) in [6.07, 6.45) is 4.79. The van der Waals surface area contributed by atoms with Gasteiger partial charge >= 0.3 is 0 Å². The minimum Gasteiger partial charge on any atom is -0.459 e. The average molecular weight is 339 g/mol. The lowest BCUT2D eigenvalue weighted by atomic mass is 10.2. The van der Waals surface area contributed by atoms with Gasteiger partial charge in [-0.2, -0.15) is 0 Å². The fraction of sp³-hybridized carbons (Fsp3) is 0.158. The number of anilines is 2. The van der Waals surface area contributed by atoms with Crippen molar-refractivity contribution in [3.63, 3.8) is 0 Å². The Kier molecular flexibility index (Phi) is 6.59. The van der Waals surface area contributed by atoms with Crippen LogP contribution in [-0.2, 0) is 4.79 Å². The first-order valence-corrected chi connectivity index (χ1v) is 7.82. The molecule has 0 atom stereocenters. The molecule has 6 heteroatoms. The normalized spacial score (nSPS) is 9.92. The van der Waals surface area contributed by atoms with Gasteiger partial charge in [-0.15, -0.1) is 13.2 Å². The quantitative estimate of drug-likeness (QED) is 0.688. The van der Waals surface area contributed by atoms with E-state index >= 15 is 0 Å². The Balaban J connectivity index is 1.94. The smallest absolute Gasteiger partial charge is 0.291 e. The van der Waals surface area contributed by atoms with Gasteiger partial charge in [0.15, 0.2) is 5.76 Å². The van der Waals surface area contributed by atoms with Gasteiger partial charge in [0.1, 0.15) is 0 Å². The van der Waals surface area contributed by atoms with E-state index in [2.05, 4.69) is 23.8 Å². The van der Waals surface area contributed by atoms with Gasteiger partial charge in [0, 0.05) is 24.5 Å². The average Bonchev–Trinajstić information content (AvgIpc) is 3.14. The molecule has 2 amide bonds. The van der Waals surface area contributed by atoms with Crippen molar-refractivity contribution < 1.29 is 14.0 Å². The Morgan fingerprint density at radius 3 is 2.44 bits per heavy atom. The first-order valence-electron chi connectivity index (χ1n) is 7.82. The molecule has 0 spiro atoms. The topological polar surface area (TPSA) is 74.6 Å². The number of hydrogen-bond donors (Lipinski definition) is 2. The van der Waals surface area contributed by atoms with Crippen molar-refractivity contribution in [2.45, 2.75) is 0 Å². The van der Waals surface area contributed by atoms with E-state index in [9.17, 15) is 9.59 Å². The van der Waals surface area contributed by atoms with Crippen LogP contribution in [0.2, 0.25) is 0 Å². The molecule has 0 radical (unpaired) electrons. The van der Waals surface area contributed by atoms with E-state index in [-0.39, 0.29) is 24.1 Å². The molecule has 130 valence electrons. The first kappa shape index (κ1) is 18.1. The molecule has 2 N–H and O–H groups in total. The Morgan fingerprint density at radius 2 is 1.80 bits per heavy atom. The molecule has 6 nitrogen and oxygen atoms in total. The Hall–Kier alpha value is -3.28. The highest BCUT2D eigenvalue weighted by Crippen LogP contribution is 2.16. The molecule has 0 saturated heterocycles. The second-order valence-electron chi connectivity index (χ2n) is 5.24. The number of carbonyl (C=O) groups is 2. The minimum absolute atomic E-state index is 0.0650. The lowest BCUT2D eigenvalue weighted by Crippen LogP contribution is -2.35. The Morgan fingerprint density at radius 1 is 1.08 bits per heavy atom. The molecular formula is C19H21N3O3. The summed E-state index contributed by atoms with van der Waals surface area (Å²) in [5.74, 6) is -0.163. The summed E-state index contributed by atoms with van der Waals surface area (Å²) in [6.45, 7) is 8.36. The first-order chi connectivity index (χ1) is 12.1. The zero-order chi connectivity index (χ0) is 18.1. The summed E-state index contributed by atoms with van der Waals surface area (Å²) >= 11 is 0. The number of hydrogen-bond acceptors (Lipinski definition) is 4. The number of benzene rings is 1. The number of furan rings is 1. The van der Waals surface area contributed by atoms with Crippen LogP contribution in [0.25, 0.3) is 0 Å². The predicted octanol–water partition coefficient (Wildman–Crippen LogP) is 3.14. The van der Waals surface area contributed by atoms with Crippen LogP contribution < -0.4 is 10.6 Å². The van der Waals surface area contributed by atoms with Crippen molar-refractivity contribution in [1.29, 1.82) is 0 Å². The SMILES string of the molecule is C=CCN(CC=C)C(=O)CNc1cccc(NC(=O)c2ccco2)c1.